The average molecular weight is 335 g/mol. The summed E-state index contributed by atoms with van der Waals surface area (Å²) in [4.78, 5) is 0.291. The van der Waals surface area contributed by atoms with E-state index in [4.69, 9.17) is 10.5 Å². The lowest BCUT2D eigenvalue weighted by Crippen LogP contribution is -2.38. The molecule has 2 rings (SSSR count). The van der Waals surface area contributed by atoms with E-state index in [2.05, 4.69) is 4.72 Å². The van der Waals surface area contributed by atoms with E-state index in [1.807, 2.05) is 6.92 Å². The molecule has 1 atom stereocenters. The van der Waals surface area contributed by atoms with Crippen LogP contribution in [0.3, 0.4) is 0 Å². The fourth-order valence-electron chi connectivity index (χ4n) is 2.25. The smallest absolute Gasteiger partial charge is 0.240 e. The first-order chi connectivity index (χ1) is 9.35. The van der Waals surface area contributed by atoms with Crippen LogP contribution in [-0.4, -0.2) is 28.1 Å². The van der Waals surface area contributed by atoms with Gasteiger partial charge >= 0.3 is 0 Å². The molecule has 1 aromatic carbocycles. The number of aryl methyl sites for hydroxylation is 2. The molecule has 0 spiro atoms. The molecule has 1 saturated carbocycles. The van der Waals surface area contributed by atoms with Gasteiger partial charge in [0.2, 0.25) is 10.0 Å². The zero-order valence-corrected chi connectivity index (χ0v) is 14.2. The monoisotopic (exact) mass is 334 g/mol. The Bertz CT molecular complexity index is 600. The van der Waals surface area contributed by atoms with E-state index < -0.39 is 10.0 Å². The highest BCUT2D eigenvalue weighted by Crippen LogP contribution is 2.31. The summed E-state index contributed by atoms with van der Waals surface area (Å²) in [7, 11) is -1.95. The first-order valence-corrected chi connectivity index (χ1v) is 8.24. The maximum Gasteiger partial charge on any atom is 0.240 e. The van der Waals surface area contributed by atoms with Crippen LogP contribution in [0.25, 0.3) is 0 Å². The van der Waals surface area contributed by atoms with Gasteiger partial charge < -0.3 is 10.5 Å². The van der Waals surface area contributed by atoms with Crippen molar-refractivity contribution >= 4 is 22.4 Å². The number of hydrogen-bond acceptors (Lipinski definition) is 4. The summed E-state index contributed by atoms with van der Waals surface area (Å²) in [5, 5.41) is 0. The van der Waals surface area contributed by atoms with Gasteiger partial charge in [0.15, 0.2) is 0 Å². The summed E-state index contributed by atoms with van der Waals surface area (Å²) < 4.78 is 32.5. The van der Waals surface area contributed by atoms with Gasteiger partial charge in [-0.15, -0.1) is 12.4 Å². The number of rotatable bonds is 6. The molecular formula is C14H23ClN2O3S. The minimum atomic E-state index is -3.52. The van der Waals surface area contributed by atoms with Crippen molar-refractivity contribution < 1.29 is 13.2 Å². The molecule has 0 bridgehead atoms. The second-order valence-corrected chi connectivity index (χ2v) is 7.18. The fraction of sp³-hybridized carbons (Fsp3) is 0.571. The zero-order valence-electron chi connectivity index (χ0n) is 12.5. The third-order valence-corrected chi connectivity index (χ3v) is 5.28. The average Bonchev–Trinajstić information content (AvgIpc) is 3.22. The van der Waals surface area contributed by atoms with Gasteiger partial charge in [-0.25, -0.2) is 13.1 Å². The van der Waals surface area contributed by atoms with Crippen LogP contribution in [0, 0.1) is 19.8 Å². The van der Waals surface area contributed by atoms with Crippen molar-refractivity contribution in [1.29, 1.82) is 0 Å². The normalized spacial score (nSPS) is 16.2. The maximum atomic E-state index is 12.3. The molecule has 3 N–H and O–H groups in total. The lowest BCUT2D eigenvalue weighted by molar-refractivity contribution is 0.411. The van der Waals surface area contributed by atoms with Crippen molar-refractivity contribution in [3.05, 3.63) is 23.3 Å². The molecule has 21 heavy (non-hydrogen) atoms. The molecule has 0 amide bonds. The summed E-state index contributed by atoms with van der Waals surface area (Å²) >= 11 is 0. The quantitative estimate of drug-likeness (QED) is 0.830. The van der Waals surface area contributed by atoms with Crippen LogP contribution >= 0.6 is 12.4 Å². The Balaban J connectivity index is 0.00000220. The van der Waals surface area contributed by atoms with Crippen molar-refractivity contribution in [2.24, 2.45) is 11.7 Å². The van der Waals surface area contributed by atoms with E-state index in [1.54, 1.807) is 26.2 Å². The topological polar surface area (TPSA) is 81.4 Å². The summed E-state index contributed by atoms with van der Waals surface area (Å²) in [6, 6.07) is 3.29. The third-order valence-electron chi connectivity index (χ3n) is 3.72. The molecule has 0 radical (unpaired) electrons. The summed E-state index contributed by atoms with van der Waals surface area (Å²) in [5.74, 6) is 1.16. The van der Waals surface area contributed by atoms with Crippen LogP contribution in [-0.2, 0) is 10.0 Å². The van der Waals surface area contributed by atoms with Gasteiger partial charge in [0, 0.05) is 12.6 Å². The first kappa shape index (κ1) is 18.2. The van der Waals surface area contributed by atoms with E-state index in [1.165, 1.54) is 0 Å². The Morgan fingerprint density at radius 3 is 2.48 bits per heavy atom. The highest BCUT2D eigenvalue weighted by atomic mass is 35.5. The highest BCUT2D eigenvalue weighted by molar-refractivity contribution is 7.89. The number of hydrogen-bond donors (Lipinski definition) is 2. The second kappa shape index (κ2) is 6.96. The second-order valence-electron chi connectivity index (χ2n) is 5.44. The Labute approximate surface area is 132 Å². The van der Waals surface area contributed by atoms with Crippen LogP contribution < -0.4 is 15.2 Å². The third kappa shape index (κ3) is 4.32. The highest BCUT2D eigenvalue weighted by Gasteiger charge is 2.29. The number of sulfonamides is 1. The van der Waals surface area contributed by atoms with Crippen molar-refractivity contribution in [2.75, 3.05) is 13.7 Å². The Kier molecular flexibility index (Phi) is 6.04. The van der Waals surface area contributed by atoms with Gasteiger partial charge in [0.25, 0.3) is 0 Å². The lowest BCUT2D eigenvalue weighted by atomic mass is 10.1. The number of halogens is 1. The van der Waals surface area contributed by atoms with Crippen LogP contribution in [0.4, 0.5) is 0 Å². The van der Waals surface area contributed by atoms with Gasteiger partial charge in [-0.1, -0.05) is 0 Å². The first-order valence-electron chi connectivity index (χ1n) is 6.75. The van der Waals surface area contributed by atoms with E-state index in [9.17, 15) is 8.42 Å². The molecule has 1 fully saturated rings. The Morgan fingerprint density at radius 1 is 1.33 bits per heavy atom. The molecule has 0 saturated heterocycles. The molecule has 0 heterocycles. The molecule has 0 aromatic heterocycles. The van der Waals surface area contributed by atoms with E-state index in [0.29, 0.717) is 22.1 Å². The number of methoxy groups -OCH3 is 1. The molecule has 0 aliphatic heterocycles. The van der Waals surface area contributed by atoms with E-state index in [-0.39, 0.29) is 25.0 Å². The largest absolute Gasteiger partial charge is 0.496 e. The minimum absolute atomic E-state index is 0. The zero-order chi connectivity index (χ0) is 14.9. The van der Waals surface area contributed by atoms with Crippen molar-refractivity contribution in [3.63, 3.8) is 0 Å². The lowest BCUT2D eigenvalue weighted by Gasteiger charge is -2.15. The predicted octanol–water partition coefficient (Wildman–Crippen LogP) is 1.75. The van der Waals surface area contributed by atoms with E-state index >= 15 is 0 Å². The molecule has 5 nitrogen and oxygen atoms in total. The number of benzene rings is 1. The standard InChI is InChI=1S/C14H22N2O3S.ClH/c1-9-7-14(10(2)6-13(9)19-3)20(17,18)16-8-12(15)11-4-5-11;/h6-7,11-12,16H,4-5,8,15H2,1-3H3;1H. The van der Waals surface area contributed by atoms with Gasteiger partial charge in [-0.3, -0.25) is 0 Å². The SMILES string of the molecule is COc1cc(C)c(S(=O)(=O)NCC(N)C2CC2)cc1C.Cl. The predicted molar refractivity (Wildman–Crippen MR) is 85.6 cm³/mol. The molecule has 1 aliphatic rings. The Hall–Kier alpha value is -0.820. The van der Waals surface area contributed by atoms with Gasteiger partial charge in [0.1, 0.15) is 5.75 Å². The molecule has 1 unspecified atom stereocenters. The maximum absolute atomic E-state index is 12.3. The molecule has 1 aliphatic carbocycles. The summed E-state index contributed by atoms with van der Waals surface area (Å²) in [6.45, 7) is 3.88. The fourth-order valence-corrected chi connectivity index (χ4v) is 3.63. The minimum Gasteiger partial charge on any atom is -0.496 e. The van der Waals surface area contributed by atoms with Crippen LogP contribution in [0.2, 0.25) is 0 Å². The van der Waals surface area contributed by atoms with Crippen molar-refractivity contribution in [1.82, 2.24) is 4.72 Å². The summed E-state index contributed by atoms with van der Waals surface area (Å²) in [6.07, 6.45) is 2.20. The van der Waals surface area contributed by atoms with Crippen molar-refractivity contribution in [3.8, 4) is 5.75 Å². The number of ether oxygens (including phenoxy) is 1. The Morgan fingerprint density at radius 2 is 1.95 bits per heavy atom. The van der Waals surface area contributed by atoms with E-state index in [0.717, 1.165) is 18.4 Å². The van der Waals surface area contributed by atoms with Crippen molar-refractivity contribution in [2.45, 2.75) is 37.6 Å². The van der Waals surface area contributed by atoms with Crippen LogP contribution in [0.1, 0.15) is 24.0 Å². The van der Waals surface area contributed by atoms with Crippen LogP contribution in [0.15, 0.2) is 17.0 Å². The molecule has 1 aromatic rings. The molecular weight excluding hydrogens is 312 g/mol. The van der Waals surface area contributed by atoms with Gasteiger partial charge in [-0.2, -0.15) is 0 Å². The van der Waals surface area contributed by atoms with Gasteiger partial charge in [0.05, 0.1) is 12.0 Å². The number of nitrogens with two attached hydrogens (primary N) is 1. The molecule has 7 heteroatoms. The molecule has 120 valence electrons. The van der Waals surface area contributed by atoms with Gasteiger partial charge in [-0.05, 0) is 55.9 Å². The summed E-state index contributed by atoms with van der Waals surface area (Å²) in [5.41, 5.74) is 7.39. The van der Waals surface area contributed by atoms with Crippen LogP contribution in [0.5, 0.6) is 5.75 Å². The number of nitrogens with one attached hydrogen (secondary N) is 1.